The molecule has 174 valence electrons. The van der Waals surface area contributed by atoms with Gasteiger partial charge in [0.15, 0.2) is 6.61 Å². The first-order chi connectivity index (χ1) is 15.2. The minimum absolute atomic E-state index is 0.0151. The van der Waals surface area contributed by atoms with Gasteiger partial charge in [0.05, 0.1) is 4.47 Å². The Morgan fingerprint density at radius 1 is 1.09 bits per heavy atom. The van der Waals surface area contributed by atoms with E-state index in [1.165, 1.54) is 4.90 Å². The highest BCUT2D eigenvalue weighted by Gasteiger charge is 2.30. The Morgan fingerprint density at radius 3 is 2.31 bits per heavy atom. The van der Waals surface area contributed by atoms with Gasteiger partial charge >= 0.3 is 0 Å². The molecule has 0 spiro atoms. The van der Waals surface area contributed by atoms with E-state index in [2.05, 4.69) is 21.2 Å². The van der Waals surface area contributed by atoms with Gasteiger partial charge in [-0.2, -0.15) is 0 Å². The van der Waals surface area contributed by atoms with Crippen molar-refractivity contribution < 1.29 is 14.3 Å². The maximum Gasteiger partial charge on any atom is 0.261 e. The molecule has 1 N–H and O–H groups in total. The molecule has 2 aromatic rings. The van der Waals surface area contributed by atoms with E-state index in [1.807, 2.05) is 20.8 Å². The monoisotopic (exact) mass is 562 g/mol. The summed E-state index contributed by atoms with van der Waals surface area (Å²) in [6.45, 7) is 5.56. The van der Waals surface area contributed by atoms with Crippen molar-refractivity contribution in [2.45, 2.75) is 52.2 Å². The van der Waals surface area contributed by atoms with E-state index in [-0.39, 0.29) is 31.0 Å². The van der Waals surface area contributed by atoms with Crippen molar-refractivity contribution in [3.8, 4) is 5.75 Å². The predicted octanol–water partition coefficient (Wildman–Crippen LogP) is 6.51. The van der Waals surface area contributed by atoms with Crippen LogP contribution in [0.15, 0.2) is 40.9 Å². The van der Waals surface area contributed by atoms with Gasteiger partial charge in [-0.1, -0.05) is 54.7 Å². The summed E-state index contributed by atoms with van der Waals surface area (Å²) in [5.74, 6) is -0.129. The number of carbonyl (C=O) groups excluding carboxylic acids is 2. The van der Waals surface area contributed by atoms with Crippen molar-refractivity contribution in [3.63, 3.8) is 0 Å². The maximum atomic E-state index is 13.3. The number of rotatable bonds is 10. The SMILES string of the molecule is CC[C@@H](C)NC(=O)[C@H](CC)N(Cc1c(Cl)cccc1Cl)C(=O)COc1ccc(Cl)cc1Br. The van der Waals surface area contributed by atoms with Gasteiger partial charge < -0.3 is 15.0 Å². The van der Waals surface area contributed by atoms with Gasteiger partial charge in [-0.05, 0) is 66.0 Å². The van der Waals surface area contributed by atoms with E-state index in [1.54, 1.807) is 36.4 Å². The fraction of sp³-hybridized carbons (Fsp3) is 0.391. The van der Waals surface area contributed by atoms with Crippen molar-refractivity contribution in [2.24, 2.45) is 0 Å². The molecule has 0 aromatic heterocycles. The van der Waals surface area contributed by atoms with E-state index in [0.717, 1.165) is 6.42 Å². The van der Waals surface area contributed by atoms with Crippen LogP contribution in [0.2, 0.25) is 15.1 Å². The lowest BCUT2D eigenvalue weighted by atomic mass is 10.1. The number of nitrogens with one attached hydrogen (secondary N) is 1. The van der Waals surface area contributed by atoms with Crippen LogP contribution in [0.3, 0.4) is 0 Å². The van der Waals surface area contributed by atoms with Gasteiger partial charge in [-0.15, -0.1) is 0 Å². The number of hydrogen-bond donors (Lipinski definition) is 1. The second kappa shape index (κ2) is 12.7. The van der Waals surface area contributed by atoms with Gasteiger partial charge in [-0.25, -0.2) is 0 Å². The molecular formula is C23H26BrCl3N2O3. The van der Waals surface area contributed by atoms with Crippen LogP contribution in [-0.2, 0) is 16.1 Å². The summed E-state index contributed by atoms with van der Waals surface area (Å²) in [4.78, 5) is 27.7. The highest BCUT2D eigenvalue weighted by atomic mass is 79.9. The molecule has 2 amide bonds. The zero-order valence-electron chi connectivity index (χ0n) is 18.1. The van der Waals surface area contributed by atoms with Crippen molar-refractivity contribution in [1.29, 1.82) is 0 Å². The van der Waals surface area contributed by atoms with Crippen LogP contribution in [0, 0.1) is 0 Å². The minimum atomic E-state index is -0.707. The number of nitrogens with zero attached hydrogens (tertiary/aromatic N) is 1. The van der Waals surface area contributed by atoms with Gasteiger partial charge in [0.2, 0.25) is 5.91 Å². The Bertz CT molecular complexity index is 938. The van der Waals surface area contributed by atoms with E-state index in [0.29, 0.717) is 37.3 Å². The molecule has 0 unspecified atom stereocenters. The summed E-state index contributed by atoms with van der Waals surface area (Å²) in [7, 11) is 0. The fourth-order valence-corrected chi connectivity index (χ4v) is 4.34. The van der Waals surface area contributed by atoms with Crippen molar-refractivity contribution >= 4 is 62.5 Å². The van der Waals surface area contributed by atoms with Gasteiger partial charge in [0.25, 0.3) is 5.91 Å². The number of amides is 2. The van der Waals surface area contributed by atoms with Crippen LogP contribution >= 0.6 is 50.7 Å². The standard InChI is InChI=1S/C23H26BrCl3N2O3/c1-4-14(3)28-23(31)20(5-2)29(12-16-18(26)7-6-8-19(16)27)22(30)13-32-21-10-9-15(25)11-17(21)24/h6-11,14,20H,4-5,12-13H2,1-3H3,(H,28,31)/t14-,20+/m1/s1. The Kier molecular flexibility index (Phi) is 10.6. The molecule has 5 nitrogen and oxygen atoms in total. The van der Waals surface area contributed by atoms with Crippen LogP contribution in [-0.4, -0.2) is 35.4 Å². The first kappa shape index (κ1) is 26.8. The lowest BCUT2D eigenvalue weighted by molar-refractivity contribution is -0.143. The normalized spacial score (nSPS) is 12.7. The van der Waals surface area contributed by atoms with Gasteiger partial charge in [0.1, 0.15) is 11.8 Å². The lowest BCUT2D eigenvalue weighted by Gasteiger charge is -2.32. The van der Waals surface area contributed by atoms with Crippen LogP contribution in [0.5, 0.6) is 5.75 Å². The molecule has 9 heteroatoms. The molecule has 2 rings (SSSR count). The van der Waals surface area contributed by atoms with Crippen LogP contribution in [0.1, 0.15) is 39.2 Å². The predicted molar refractivity (Wildman–Crippen MR) is 134 cm³/mol. The number of ether oxygens (including phenoxy) is 1. The van der Waals surface area contributed by atoms with Crippen molar-refractivity contribution in [3.05, 3.63) is 61.5 Å². The number of halogens is 4. The average Bonchev–Trinajstić information content (AvgIpc) is 2.74. The molecule has 0 saturated carbocycles. The van der Waals surface area contributed by atoms with E-state index in [9.17, 15) is 9.59 Å². The molecule has 0 saturated heterocycles. The molecule has 0 radical (unpaired) electrons. The first-order valence-electron chi connectivity index (χ1n) is 10.3. The Labute approximate surface area is 212 Å². The first-order valence-corrected chi connectivity index (χ1v) is 12.2. The maximum absolute atomic E-state index is 13.3. The topological polar surface area (TPSA) is 58.6 Å². The fourth-order valence-electron chi connectivity index (χ4n) is 3.03. The highest BCUT2D eigenvalue weighted by Crippen LogP contribution is 2.29. The molecule has 0 fully saturated rings. The smallest absolute Gasteiger partial charge is 0.261 e. The van der Waals surface area contributed by atoms with Gasteiger partial charge in [0, 0.05) is 33.2 Å². The third-order valence-corrected chi connectivity index (χ3v) is 6.59. The summed E-state index contributed by atoms with van der Waals surface area (Å²) in [6.07, 6.45) is 1.20. The quantitative estimate of drug-likeness (QED) is 0.358. The van der Waals surface area contributed by atoms with Crippen molar-refractivity contribution in [2.75, 3.05) is 6.61 Å². The molecular weight excluding hydrogens is 539 g/mol. The minimum Gasteiger partial charge on any atom is -0.483 e. The average molecular weight is 565 g/mol. The molecule has 0 aliphatic rings. The third kappa shape index (κ3) is 7.27. The van der Waals surface area contributed by atoms with Crippen LogP contribution in [0.4, 0.5) is 0 Å². The Morgan fingerprint density at radius 2 is 1.75 bits per heavy atom. The van der Waals surface area contributed by atoms with Crippen LogP contribution < -0.4 is 10.1 Å². The summed E-state index contributed by atoms with van der Waals surface area (Å²) < 4.78 is 6.34. The summed E-state index contributed by atoms with van der Waals surface area (Å²) in [5, 5.41) is 4.35. The Balaban J connectivity index is 2.30. The second-order valence-electron chi connectivity index (χ2n) is 7.33. The third-order valence-electron chi connectivity index (χ3n) is 5.02. The molecule has 2 atom stereocenters. The van der Waals surface area contributed by atoms with E-state index < -0.39 is 6.04 Å². The molecule has 32 heavy (non-hydrogen) atoms. The number of hydrogen-bond acceptors (Lipinski definition) is 3. The summed E-state index contributed by atoms with van der Waals surface area (Å²) in [6, 6.07) is 9.43. The van der Waals surface area contributed by atoms with Gasteiger partial charge in [-0.3, -0.25) is 9.59 Å². The Hall–Kier alpha value is -1.47. The molecule has 0 aliphatic carbocycles. The molecule has 0 bridgehead atoms. The van der Waals surface area contributed by atoms with Crippen molar-refractivity contribution in [1.82, 2.24) is 10.2 Å². The lowest BCUT2D eigenvalue weighted by Crippen LogP contribution is -2.51. The highest BCUT2D eigenvalue weighted by molar-refractivity contribution is 9.10. The van der Waals surface area contributed by atoms with E-state index >= 15 is 0 Å². The second-order valence-corrected chi connectivity index (χ2v) is 9.43. The summed E-state index contributed by atoms with van der Waals surface area (Å²) in [5.41, 5.74) is 0.576. The molecule has 0 aliphatic heterocycles. The largest absolute Gasteiger partial charge is 0.483 e. The zero-order valence-corrected chi connectivity index (χ0v) is 22.0. The zero-order chi connectivity index (χ0) is 23.8. The molecule has 2 aromatic carbocycles. The summed E-state index contributed by atoms with van der Waals surface area (Å²) >= 11 is 22.0. The van der Waals surface area contributed by atoms with E-state index in [4.69, 9.17) is 39.5 Å². The number of benzene rings is 2. The number of carbonyl (C=O) groups is 2. The van der Waals surface area contributed by atoms with Crippen LogP contribution in [0.25, 0.3) is 0 Å². The molecule has 0 heterocycles.